The molecular weight excluding hydrogens is 270 g/mol. The van der Waals surface area contributed by atoms with Gasteiger partial charge < -0.3 is 4.40 Å². The van der Waals surface area contributed by atoms with Crippen LogP contribution in [-0.2, 0) is 0 Å². The maximum absolute atomic E-state index is 12.3. The highest BCUT2D eigenvalue weighted by molar-refractivity contribution is 6.30. The molecule has 4 aromatic rings. The summed E-state index contributed by atoms with van der Waals surface area (Å²) >= 11 is 5.93. The highest BCUT2D eigenvalue weighted by Gasteiger charge is 2.11. The SMILES string of the molecule is O=c1cc(-c2ccc(Cl)cc2)c2ccc3cccc1n32. The summed E-state index contributed by atoms with van der Waals surface area (Å²) in [5.41, 5.74) is 4.75. The topological polar surface area (TPSA) is 21.5 Å². The normalized spacial score (nSPS) is 11.4. The number of pyridine rings is 2. The van der Waals surface area contributed by atoms with Gasteiger partial charge in [0.2, 0.25) is 5.43 Å². The second-order valence-electron chi connectivity index (χ2n) is 4.82. The van der Waals surface area contributed by atoms with Crippen molar-refractivity contribution in [1.29, 1.82) is 0 Å². The molecule has 0 atom stereocenters. The van der Waals surface area contributed by atoms with Gasteiger partial charge in [-0.1, -0.05) is 29.8 Å². The molecule has 3 aromatic heterocycles. The van der Waals surface area contributed by atoms with Gasteiger partial charge in [0, 0.05) is 16.1 Å². The Morgan fingerprint density at radius 2 is 1.65 bits per heavy atom. The molecule has 96 valence electrons. The van der Waals surface area contributed by atoms with Crippen molar-refractivity contribution in [2.45, 2.75) is 0 Å². The van der Waals surface area contributed by atoms with Crippen molar-refractivity contribution in [3.63, 3.8) is 0 Å². The number of hydrogen-bond acceptors (Lipinski definition) is 1. The van der Waals surface area contributed by atoms with Crippen molar-refractivity contribution < 1.29 is 0 Å². The molecule has 0 bridgehead atoms. The summed E-state index contributed by atoms with van der Waals surface area (Å²) in [6.45, 7) is 0. The number of hydrogen-bond donors (Lipinski definition) is 0. The van der Waals surface area contributed by atoms with E-state index in [0.29, 0.717) is 10.5 Å². The predicted octanol–water partition coefficient (Wildman–Crippen LogP) is 4.21. The van der Waals surface area contributed by atoms with Crippen molar-refractivity contribution in [1.82, 2.24) is 4.40 Å². The van der Waals surface area contributed by atoms with Crippen LogP contribution in [0.1, 0.15) is 0 Å². The molecule has 0 amide bonds. The average molecular weight is 280 g/mol. The van der Waals surface area contributed by atoms with Crippen LogP contribution in [0.2, 0.25) is 5.02 Å². The van der Waals surface area contributed by atoms with Gasteiger partial charge in [-0.25, -0.2) is 0 Å². The van der Waals surface area contributed by atoms with Gasteiger partial charge in [0.15, 0.2) is 0 Å². The first kappa shape index (κ1) is 11.5. The highest BCUT2D eigenvalue weighted by atomic mass is 35.5. The van der Waals surface area contributed by atoms with Crippen molar-refractivity contribution in [2.24, 2.45) is 0 Å². The standard InChI is InChI=1S/C17H10ClNO/c18-12-6-4-11(5-7-12)14-10-17(20)16-3-1-2-13-8-9-15(14)19(13)16/h1-10H. The zero-order valence-corrected chi connectivity index (χ0v) is 11.3. The largest absolute Gasteiger partial charge is 0.306 e. The molecule has 1 aromatic carbocycles. The number of halogens is 1. The fourth-order valence-electron chi connectivity index (χ4n) is 2.71. The van der Waals surface area contributed by atoms with E-state index in [4.69, 9.17) is 11.6 Å². The molecule has 0 radical (unpaired) electrons. The summed E-state index contributed by atoms with van der Waals surface area (Å²) in [7, 11) is 0. The quantitative estimate of drug-likeness (QED) is 0.511. The van der Waals surface area contributed by atoms with Crippen LogP contribution in [0.5, 0.6) is 0 Å². The Bertz CT molecular complexity index is 970. The molecule has 3 heteroatoms. The van der Waals surface area contributed by atoms with Crippen LogP contribution >= 0.6 is 11.6 Å². The van der Waals surface area contributed by atoms with Crippen LogP contribution in [-0.4, -0.2) is 4.40 Å². The van der Waals surface area contributed by atoms with E-state index in [1.807, 2.05) is 59.0 Å². The van der Waals surface area contributed by atoms with Crippen molar-refractivity contribution in [3.05, 3.63) is 75.9 Å². The van der Waals surface area contributed by atoms with Crippen LogP contribution in [0.4, 0.5) is 0 Å². The zero-order chi connectivity index (χ0) is 13.7. The van der Waals surface area contributed by atoms with Gasteiger partial charge in [-0.05, 0) is 48.0 Å². The van der Waals surface area contributed by atoms with E-state index in [0.717, 1.165) is 22.2 Å². The van der Waals surface area contributed by atoms with E-state index < -0.39 is 0 Å². The Kier molecular flexibility index (Phi) is 2.35. The lowest BCUT2D eigenvalue weighted by Gasteiger charge is -2.08. The minimum Gasteiger partial charge on any atom is -0.306 e. The Balaban J connectivity index is 2.15. The number of aromatic nitrogens is 1. The molecule has 20 heavy (non-hydrogen) atoms. The number of benzene rings is 1. The van der Waals surface area contributed by atoms with Gasteiger partial charge in [0.05, 0.1) is 11.0 Å². The minimum atomic E-state index is 0.0317. The summed E-state index contributed by atoms with van der Waals surface area (Å²) in [6.07, 6.45) is 0. The summed E-state index contributed by atoms with van der Waals surface area (Å²) in [4.78, 5) is 12.3. The average Bonchev–Trinajstić information content (AvgIpc) is 2.89. The summed E-state index contributed by atoms with van der Waals surface area (Å²) in [5, 5.41) is 0.692. The Morgan fingerprint density at radius 1 is 0.850 bits per heavy atom. The lowest BCUT2D eigenvalue weighted by molar-refractivity contribution is 1.29. The zero-order valence-electron chi connectivity index (χ0n) is 10.5. The Labute approximate surface area is 120 Å². The van der Waals surface area contributed by atoms with Crippen LogP contribution < -0.4 is 5.43 Å². The van der Waals surface area contributed by atoms with Crippen molar-refractivity contribution >= 4 is 28.2 Å². The monoisotopic (exact) mass is 279 g/mol. The molecule has 0 unspecified atom stereocenters. The second-order valence-corrected chi connectivity index (χ2v) is 5.26. The number of nitrogens with zero attached hydrogens (tertiary/aromatic N) is 1. The fraction of sp³-hybridized carbons (Fsp3) is 0. The second kappa shape index (κ2) is 4.09. The van der Waals surface area contributed by atoms with Crippen LogP contribution in [0.3, 0.4) is 0 Å². The van der Waals surface area contributed by atoms with Gasteiger partial charge in [-0.2, -0.15) is 0 Å². The van der Waals surface area contributed by atoms with Gasteiger partial charge in [0.1, 0.15) is 0 Å². The molecule has 4 rings (SSSR count). The molecule has 0 aliphatic carbocycles. The summed E-state index contributed by atoms with van der Waals surface area (Å²) in [6, 6.07) is 19.1. The summed E-state index contributed by atoms with van der Waals surface area (Å²) < 4.78 is 2.01. The lowest BCUT2D eigenvalue weighted by atomic mass is 10.1. The number of rotatable bonds is 1. The first-order chi connectivity index (χ1) is 9.74. The molecular formula is C17H10ClNO. The Morgan fingerprint density at radius 3 is 2.45 bits per heavy atom. The molecule has 3 heterocycles. The van der Waals surface area contributed by atoms with Gasteiger partial charge in [-0.3, -0.25) is 4.79 Å². The van der Waals surface area contributed by atoms with Crippen molar-refractivity contribution in [3.8, 4) is 11.1 Å². The smallest absolute Gasteiger partial charge is 0.203 e. The first-order valence-corrected chi connectivity index (χ1v) is 6.75. The maximum Gasteiger partial charge on any atom is 0.203 e. The fourth-order valence-corrected chi connectivity index (χ4v) is 2.83. The molecule has 0 N–H and O–H groups in total. The molecule has 0 spiro atoms. The van der Waals surface area contributed by atoms with Crippen LogP contribution in [0.15, 0.2) is 65.5 Å². The van der Waals surface area contributed by atoms with Crippen LogP contribution in [0, 0.1) is 0 Å². The van der Waals surface area contributed by atoms with Gasteiger partial charge in [0.25, 0.3) is 0 Å². The van der Waals surface area contributed by atoms with E-state index in [-0.39, 0.29) is 5.43 Å². The van der Waals surface area contributed by atoms with E-state index in [2.05, 4.69) is 0 Å². The molecule has 2 nitrogen and oxygen atoms in total. The third-order valence-corrected chi connectivity index (χ3v) is 3.88. The molecule has 0 fully saturated rings. The van der Waals surface area contributed by atoms with E-state index in [9.17, 15) is 4.79 Å². The highest BCUT2D eigenvalue weighted by Crippen LogP contribution is 2.28. The third kappa shape index (κ3) is 1.55. The molecule has 0 saturated heterocycles. The van der Waals surface area contributed by atoms with E-state index in [1.165, 1.54) is 0 Å². The molecule has 0 aliphatic rings. The molecule has 0 saturated carbocycles. The lowest BCUT2D eigenvalue weighted by Crippen LogP contribution is -2.06. The van der Waals surface area contributed by atoms with Crippen LogP contribution in [0.25, 0.3) is 27.7 Å². The third-order valence-electron chi connectivity index (χ3n) is 3.63. The van der Waals surface area contributed by atoms with Gasteiger partial charge >= 0.3 is 0 Å². The van der Waals surface area contributed by atoms with E-state index >= 15 is 0 Å². The predicted molar refractivity (Wildman–Crippen MR) is 82.8 cm³/mol. The minimum absolute atomic E-state index is 0.0317. The Hall–Kier alpha value is -2.32. The van der Waals surface area contributed by atoms with Crippen molar-refractivity contribution in [2.75, 3.05) is 0 Å². The first-order valence-electron chi connectivity index (χ1n) is 6.37. The van der Waals surface area contributed by atoms with E-state index in [1.54, 1.807) is 6.07 Å². The maximum atomic E-state index is 12.3. The molecule has 0 aliphatic heterocycles. The van der Waals surface area contributed by atoms with Gasteiger partial charge in [-0.15, -0.1) is 0 Å². The summed E-state index contributed by atoms with van der Waals surface area (Å²) in [5.74, 6) is 0.